The maximum atomic E-state index is 2.62. The number of hydrogen-bond donors (Lipinski definition) is 0. The topological polar surface area (TPSA) is 6.48 Å². The standard InChI is InChI=1S/C48H30B2N2S/c1-3-16-31(17-4-1)33-20-15-21-34(32-18-5-2-6-19-32)47(33)52-41-28-13-8-23-36(41)49-35-22-7-11-26-39(35)51-40-27-12-9-24-37(40)50-38-25-10-14-29-43(38)53-44-30-42(52)45(49)48(51)46(44)50/h1-30H. The third-order valence-corrected chi connectivity index (χ3v) is 12.9. The number of hydrogen-bond acceptors (Lipinski definition) is 3. The number of benzene rings is 8. The van der Waals surface area contributed by atoms with Crippen molar-refractivity contribution in [2.24, 2.45) is 0 Å². The summed E-state index contributed by atoms with van der Waals surface area (Å²) in [5.41, 5.74) is 20.7. The molecule has 0 fully saturated rings. The molecule has 0 bridgehead atoms. The van der Waals surface area contributed by atoms with Gasteiger partial charge in [0.25, 0.3) is 6.71 Å². The highest BCUT2D eigenvalue weighted by Crippen LogP contribution is 2.51. The largest absolute Gasteiger partial charge is 0.312 e. The summed E-state index contributed by atoms with van der Waals surface area (Å²) in [7, 11) is 0. The van der Waals surface area contributed by atoms with Gasteiger partial charge in [0.05, 0.1) is 5.69 Å². The molecule has 2 nitrogen and oxygen atoms in total. The van der Waals surface area contributed by atoms with Crippen LogP contribution in [0.2, 0.25) is 0 Å². The molecule has 0 N–H and O–H groups in total. The van der Waals surface area contributed by atoms with Gasteiger partial charge < -0.3 is 9.80 Å². The van der Waals surface area contributed by atoms with Gasteiger partial charge in [0.1, 0.15) is 0 Å². The normalized spacial score (nSPS) is 13.8. The molecule has 0 spiro atoms. The first-order valence-corrected chi connectivity index (χ1v) is 19.3. The maximum absolute atomic E-state index is 2.62. The highest BCUT2D eigenvalue weighted by Gasteiger charge is 2.50. The fourth-order valence-corrected chi connectivity index (χ4v) is 10.8. The summed E-state index contributed by atoms with van der Waals surface area (Å²) in [6, 6.07) is 67.7. The summed E-state index contributed by atoms with van der Waals surface area (Å²) < 4.78 is 0. The van der Waals surface area contributed by atoms with Crippen LogP contribution in [-0.2, 0) is 0 Å². The number of fused-ring (bicyclic) bond motifs is 10. The van der Waals surface area contributed by atoms with E-state index in [4.69, 9.17) is 0 Å². The Balaban J connectivity index is 1.25. The summed E-state index contributed by atoms with van der Waals surface area (Å²) in [5.74, 6) is 0. The van der Waals surface area contributed by atoms with E-state index < -0.39 is 0 Å². The van der Waals surface area contributed by atoms with Crippen LogP contribution in [0.5, 0.6) is 0 Å². The molecule has 4 heterocycles. The van der Waals surface area contributed by atoms with E-state index in [2.05, 4.69) is 192 Å². The first-order valence-electron chi connectivity index (χ1n) is 18.4. The van der Waals surface area contributed by atoms with Gasteiger partial charge in [-0.2, -0.15) is 0 Å². The zero-order valence-corrected chi connectivity index (χ0v) is 29.6. The molecule has 5 heteroatoms. The van der Waals surface area contributed by atoms with E-state index in [1.807, 2.05) is 11.8 Å². The Kier molecular flexibility index (Phi) is 6.20. The lowest BCUT2D eigenvalue weighted by molar-refractivity contribution is 1.23. The Labute approximate surface area is 314 Å². The minimum atomic E-state index is 0.0855. The van der Waals surface area contributed by atoms with Crippen LogP contribution in [0.25, 0.3) is 22.3 Å². The molecule has 0 aliphatic carbocycles. The number of rotatable bonds is 3. The van der Waals surface area contributed by atoms with Crippen molar-refractivity contribution >= 4 is 92.1 Å². The molecule has 8 aromatic carbocycles. The lowest BCUT2D eigenvalue weighted by Gasteiger charge is -2.49. The van der Waals surface area contributed by atoms with Gasteiger partial charge in [0, 0.05) is 49.4 Å². The number of anilines is 6. The smallest absolute Gasteiger partial charge is 0.252 e. The van der Waals surface area contributed by atoms with E-state index in [-0.39, 0.29) is 13.4 Å². The molecule has 244 valence electrons. The molecule has 4 aliphatic rings. The van der Waals surface area contributed by atoms with Gasteiger partial charge in [-0.3, -0.25) is 0 Å². The minimum absolute atomic E-state index is 0.0855. The van der Waals surface area contributed by atoms with E-state index in [0.717, 1.165) is 0 Å². The molecule has 4 aliphatic heterocycles. The third kappa shape index (κ3) is 4.03. The second-order valence-electron chi connectivity index (χ2n) is 14.4. The van der Waals surface area contributed by atoms with Crippen LogP contribution in [0.4, 0.5) is 34.1 Å². The molecule has 0 amide bonds. The lowest BCUT2D eigenvalue weighted by Crippen LogP contribution is -2.68. The van der Waals surface area contributed by atoms with Gasteiger partial charge in [-0.05, 0) is 68.8 Å². The second-order valence-corrected chi connectivity index (χ2v) is 15.4. The molecule has 0 radical (unpaired) electrons. The summed E-state index contributed by atoms with van der Waals surface area (Å²) in [4.78, 5) is 7.90. The summed E-state index contributed by atoms with van der Waals surface area (Å²) in [6.45, 7) is 0.241. The van der Waals surface area contributed by atoms with E-state index in [1.54, 1.807) is 0 Å². The van der Waals surface area contributed by atoms with Gasteiger partial charge in [-0.15, -0.1) is 0 Å². The first-order chi connectivity index (χ1) is 26.3. The van der Waals surface area contributed by atoms with E-state index >= 15 is 0 Å². The zero-order chi connectivity index (χ0) is 34.6. The maximum Gasteiger partial charge on any atom is 0.252 e. The molecule has 0 atom stereocenters. The van der Waals surface area contributed by atoms with Gasteiger partial charge in [-0.25, -0.2) is 0 Å². The van der Waals surface area contributed by atoms with E-state index in [9.17, 15) is 0 Å². The molecule has 0 saturated carbocycles. The molecule has 12 rings (SSSR count). The summed E-state index contributed by atoms with van der Waals surface area (Å²) in [6.07, 6.45) is 0. The highest BCUT2D eigenvalue weighted by atomic mass is 32.2. The highest BCUT2D eigenvalue weighted by molar-refractivity contribution is 8.00. The molecular weight excluding hydrogens is 658 g/mol. The lowest BCUT2D eigenvalue weighted by atomic mass is 9.29. The average molecular weight is 688 g/mol. The van der Waals surface area contributed by atoms with Crippen LogP contribution in [0.1, 0.15) is 0 Å². The third-order valence-electron chi connectivity index (χ3n) is 11.7. The van der Waals surface area contributed by atoms with Crippen LogP contribution < -0.4 is 42.6 Å². The predicted octanol–water partition coefficient (Wildman–Crippen LogP) is 8.40. The van der Waals surface area contributed by atoms with E-state index in [1.165, 1.54) is 98.9 Å². The molecule has 8 aromatic rings. The molecular formula is C48H30B2N2S. The van der Waals surface area contributed by atoms with Crippen molar-refractivity contribution in [3.63, 3.8) is 0 Å². The van der Waals surface area contributed by atoms with Crippen LogP contribution in [0, 0.1) is 0 Å². The fraction of sp³-hybridized carbons (Fsp3) is 0. The predicted molar refractivity (Wildman–Crippen MR) is 227 cm³/mol. The Morgan fingerprint density at radius 1 is 0.340 bits per heavy atom. The first kappa shape index (κ1) is 29.4. The van der Waals surface area contributed by atoms with Crippen molar-refractivity contribution < 1.29 is 0 Å². The van der Waals surface area contributed by atoms with Crippen molar-refractivity contribution in [3.8, 4) is 22.3 Å². The Bertz CT molecular complexity index is 2730. The Morgan fingerprint density at radius 3 is 1.36 bits per heavy atom. The fourth-order valence-electron chi connectivity index (χ4n) is 9.66. The van der Waals surface area contributed by atoms with Gasteiger partial charge in [0.2, 0.25) is 6.71 Å². The summed E-state index contributed by atoms with van der Waals surface area (Å²) in [5, 5.41) is 0. The molecule has 0 saturated heterocycles. The zero-order valence-electron chi connectivity index (χ0n) is 28.8. The van der Waals surface area contributed by atoms with Crippen molar-refractivity contribution in [3.05, 3.63) is 182 Å². The quantitative estimate of drug-likeness (QED) is 0.172. The number of para-hydroxylation sites is 4. The van der Waals surface area contributed by atoms with Crippen molar-refractivity contribution in [2.75, 3.05) is 9.80 Å². The van der Waals surface area contributed by atoms with Crippen LogP contribution in [0.15, 0.2) is 192 Å². The molecule has 0 aromatic heterocycles. The SMILES string of the molecule is c1ccc(-c2cccc(-c3ccccc3)c2N2c3ccccc3B3c4ccccc4N4c5ccccc5B5c6ccccc6Sc6cc2c3c4c65)cc1. The van der Waals surface area contributed by atoms with E-state index in [0.29, 0.717) is 0 Å². The van der Waals surface area contributed by atoms with Crippen LogP contribution in [0.3, 0.4) is 0 Å². The van der Waals surface area contributed by atoms with Gasteiger partial charge in [-0.1, -0.05) is 169 Å². The Morgan fingerprint density at radius 2 is 0.792 bits per heavy atom. The van der Waals surface area contributed by atoms with Crippen molar-refractivity contribution in [1.82, 2.24) is 0 Å². The summed E-state index contributed by atoms with van der Waals surface area (Å²) >= 11 is 1.93. The molecule has 53 heavy (non-hydrogen) atoms. The number of nitrogens with zero attached hydrogens (tertiary/aromatic N) is 2. The van der Waals surface area contributed by atoms with Crippen LogP contribution >= 0.6 is 11.8 Å². The van der Waals surface area contributed by atoms with Gasteiger partial charge >= 0.3 is 0 Å². The van der Waals surface area contributed by atoms with Crippen molar-refractivity contribution in [2.45, 2.75) is 9.79 Å². The van der Waals surface area contributed by atoms with Crippen molar-refractivity contribution in [1.29, 1.82) is 0 Å². The second kappa shape index (κ2) is 11.2. The average Bonchev–Trinajstić information content (AvgIpc) is 3.23. The Hall–Kier alpha value is -6.16. The monoisotopic (exact) mass is 688 g/mol. The van der Waals surface area contributed by atoms with Crippen LogP contribution in [-0.4, -0.2) is 13.4 Å². The van der Waals surface area contributed by atoms with Gasteiger partial charge in [0.15, 0.2) is 0 Å². The molecule has 0 unspecified atom stereocenters. The minimum Gasteiger partial charge on any atom is -0.312 e.